The van der Waals surface area contributed by atoms with Gasteiger partial charge >= 0.3 is 0 Å². The Bertz CT molecular complexity index is 284. The minimum Gasteiger partial charge on any atom is -0.375 e. The van der Waals surface area contributed by atoms with Crippen LogP contribution in [0.25, 0.3) is 0 Å². The summed E-state index contributed by atoms with van der Waals surface area (Å²) >= 11 is 0. The van der Waals surface area contributed by atoms with Gasteiger partial charge < -0.3 is 10.5 Å². The summed E-state index contributed by atoms with van der Waals surface area (Å²) in [5.41, 5.74) is 5.80. The summed E-state index contributed by atoms with van der Waals surface area (Å²) in [5, 5.41) is 0. The summed E-state index contributed by atoms with van der Waals surface area (Å²) in [6.45, 7) is 3.40. The van der Waals surface area contributed by atoms with Crippen molar-refractivity contribution in [1.29, 1.82) is 0 Å². The van der Waals surface area contributed by atoms with Crippen molar-refractivity contribution in [1.82, 2.24) is 0 Å². The van der Waals surface area contributed by atoms with E-state index < -0.39 is 0 Å². The quantitative estimate of drug-likeness (QED) is 0.819. The van der Waals surface area contributed by atoms with Gasteiger partial charge in [0.15, 0.2) is 0 Å². The summed E-state index contributed by atoms with van der Waals surface area (Å²) in [4.78, 5) is 12.5. The monoisotopic (exact) mass is 253 g/mol. The van der Waals surface area contributed by atoms with Gasteiger partial charge in [0.1, 0.15) is 5.78 Å². The normalized spacial score (nSPS) is 28.4. The van der Waals surface area contributed by atoms with Crippen molar-refractivity contribution in [3.05, 3.63) is 0 Å². The number of nitrogens with two attached hydrogens (primary N) is 1. The van der Waals surface area contributed by atoms with Crippen LogP contribution < -0.4 is 5.73 Å². The van der Waals surface area contributed by atoms with Gasteiger partial charge in [0.05, 0.1) is 5.60 Å². The zero-order valence-electron chi connectivity index (χ0n) is 11.6. The molecule has 104 valence electrons. The second-order valence-electron chi connectivity index (χ2n) is 6.05. The Morgan fingerprint density at radius 2 is 2.17 bits per heavy atom. The van der Waals surface area contributed by atoms with Crippen molar-refractivity contribution in [3.63, 3.8) is 0 Å². The topological polar surface area (TPSA) is 52.3 Å². The van der Waals surface area contributed by atoms with Gasteiger partial charge in [-0.15, -0.1) is 0 Å². The summed E-state index contributed by atoms with van der Waals surface area (Å²) in [6.07, 6.45) is 8.66. The fraction of sp³-hybridized carbons (Fsp3) is 0.933. The Hall–Kier alpha value is -0.410. The van der Waals surface area contributed by atoms with Gasteiger partial charge in [0.25, 0.3) is 0 Å². The first kappa shape index (κ1) is 14.0. The van der Waals surface area contributed by atoms with E-state index in [-0.39, 0.29) is 17.4 Å². The second-order valence-corrected chi connectivity index (χ2v) is 6.05. The maximum Gasteiger partial charge on any atom is 0.140 e. The average Bonchev–Trinajstić information content (AvgIpc) is 2.83. The Morgan fingerprint density at radius 1 is 1.44 bits per heavy atom. The molecule has 0 radical (unpaired) electrons. The molecule has 3 nitrogen and oxygen atoms in total. The maximum atomic E-state index is 12.5. The smallest absolute Gasteiger partial charge is 0.140 e. The molecule has 1 spiro atoms. The predicted molar refractivity (Wildman–Crippen MR) is 72.3 cm³/mol. The van der Waals surface area contributed by atoms with Crippen molar-refractivity contribution in [3.8, 4) is 0 Å². The highest BCUT2D eigenvalue weighted by molar-refractivity contribution is 5.83. The third-order valence-corrected chi connectivity index (χ3v) is 4.73. The van der Waals surface area contributed by atoms with Gasteiger partial charge in [0, 0.05) is 25.0 Å². The van der Waals surface area contributed by atoms with E-state index in [2.05, 4.69) is 6.92 Å². The number of carbonyl (C=O) groups excluding carboxylic acids is 1. The zero-order valence-corrected chi connectivity index (χ0v) is 11.6. The number of ketones is 1. The summed E-state index contributed by atoms with van der Waals surface area (Å²) in [5.74, 6) is 0.697. The van der Waals surface area contributed by atoms with E-state index in [0.29, 0.717) is 12.3 Å². The number of ether oxygens (including phenoxy) is 1. The summed E-state index contributed by atoms with van der Waals surface area (Å²) in [7, 11) is 0. The van der Waals surface area contributed by atoms with E-state index >= 15 is 0 Å². The van der Waals surface area contributed by atoms with E-state index in [1.54, 1.807) is 0 Å². The fourth-order valence-corrected chi connectivity index (χ4v) is 3.70. The molecule has 0 bridgehead atoms. The first-order valence-electron chi connectivity index (χ1n) is 7.58. The number of carbonyl (C=O) groups is 1. The van der Waals surface area contributed by atoms with Crippen LogP contribution >= 0.6 is 0 Å². The second kappa shape index (κ2) is 6.16. The molecule has 0 aromatic heterocycles. The molecule has 2 unspecified atom stereocenters. The molecular formula is C15H27NO2. The van der Waals surface area contributed by atoms with Crippen molar-refractivity contribution in [2.24, 2.45) is 17.6 Å². The first-order chi connectivity index (χ1) is 8.71. The fourth-order valence-electron chi connectivity index (χ4n) is 3.70. The van der Waals surface area contributed by atoms with Crippen LogP contribution in [0.5, 0.6) is 0 Å². The Morgan fingerprint density at radius 3 is 2.78 bits per heavy atom. The Kier molecular flexibility index (Phi) is 4.79. The van der Waals surface area contributed by atoms with Gasteiger partial charge in [-0.05, 0) is 32.1 Å². The number of hydrogen-bond donors (Lipinski definition) is 1. The van der Waals surface area contributed by atoms with E-state index in [1.165, 1.54) is 12.8 Å². The molecule has 2 rings (SSSR count). The molecule has 2 fully saturated rings. The largest absolute Gasteiger partial charge is 0.375 e. The van der Waals surface area contributed by atoms with Crippen LogP contribution in [0.1, 0.15) is 58.3 Å². The molecule has 0 aromatic carbocycles. The van der Waals surface area contributed by atoms with Crippen LogP contribution in [0, 0.1) is 11.8 Å². The van der Waals surface area contributed by atoms with Gasteiger partial charge in [-0.2, -0.15) is 0 Å². The average molecular weight is 253 g/mol. The van der Waals surface area contributed by atoms with Gasteiger partial charge in [-0.25, -0.2) is 0 Å². The van der Waals surface area contributed by atoms with Crippen molar-refractivity contribution in [2.75, 3.05) is 13.2 Å². The molecule has 2 N–H and O–H groups in total. The molecule has 2 aliphatic rings. The van der Waals surface area contributed by atoms with Gasteiger partial charge in [-0.1, -0.05) is 26.2 Å². The summed E-state index contributed by atoms with van der Waals surface area (Å²) in [6, 6.07) is 0. The van der Waals surface area contributed by atoms with Gasteiger partial charge in [-0.3, -0.25) is 4.79 Å². The maximum absolute atomic E-state index is 12.5. The van der Waals surface area contributed by atoms with Crippen LogP contribution in [-0.4, -0.2) is 24.5 Å². The predicted octanol–water partition coefficient (Wildman–Crippen LogP) is 2.67. The van der Waals surface area contributed by atoms with Gasteiger partial charge in [0.2, 0.25) is 0 Å². The van der Waals surface area contributed by atoms with Crippen molar-refractivity contribution in [2.45, 2.75) is 63.9 Å². The SMILES string of the molecule is CCCC(CN)C(=O)C1CCOC2(CCCC2)C1. The molecule has 1 aliphatic carbocycles. The third-order valence-electron chi connectivity index (χ3n) is 4.73. The van der Waals surface area contributed by atoms with E-state index in [4.69, 9.17) is 10.5 Å². The molecular weight excluding hydrogens is 226 g/mol. The van der Waals surface area contributed by atoms with E-state index in [9.17, 15) is 4.79 Å². The molecule has 3 heteroatoms. The van der Waals surface area contributed by atoms with Crippen LogP contribution in [-0.2, 0) is 9.53 Å². The third kappa shape index (κ3) is 2.94. The Labute approximate surface area is 110 Å². The summed E-state index contributed by atoms with van der Waals surface area (Å²) < 4.78 is 6.00. The molecule has 0 amide bonds. The number of Topliss-reactive ketones (excluding diaryl/α,β-unsaturated/α-hetero) is 1. The first-order valence-corrected chi connectivity index (χ1v) is 7.58. The van der Waals surface area contributed by atoms with Crippen LogP contribution in [0.3, 0.4) is 0 Å². The van der Waals surface area contributed by atoms with E-state index in [0.717, 1.165) is 45.1 Å². The standard InChI is InChI=1S/C15H27NO2/c1-2-5-13(11-16)14(17)12-6-9-18-15(10-12)7-3-4-8-15/h12-13H,2-11,16H2,1H3. The molecule has 1 saturated carbocycles. The molecule has 1 heterocycles. The molecule has 1 saturated heterocycles. The highest BCUT2D eigenvalue weighted by atomic mass is 16.5. The van der Waals surface area contributed by atoms with Crippen molar-refractivity contribution >= 4 is 5.78 Å². The minimum absolute atomic E-state index is 0.0456. The molecule has 2 atom stereocenters. The van der Waals surface area contributed by atoms with Crippen molar-refractivity contribution < 1.29 is 9.53 Å². The van der Waals surface area contributed by atoms with Crippen LogP contribution in [0.4, 0.5) is 0 Å². The van der Waals surface area contributed by atoms with Crippen LogP contribution in [0.2, 0.25) is 0 Å². The number of rotatable bonds is 5. The van der Waals surface area contributed by atoms with Crippen LogP contribution in [0.15, 0.2) is 0 Å². The Balaban J connectivity index is 1.97. The molecule has 18 heavy (non-hydrogen) atoms. The lowest BCUT2D eigenvalue weighted by atomic mass is 9.78. The lowest BCUT2D eigenvalue weighted by Gasteiger charge is -2.38. The zero-order chi connectivity index (χ0) is 13.0. The number of hydrogen-bond acceptors (Lipinski definition) is 3. The minimum atomic E-state index is 0.0456. The lowest BCUT2D eigenvalue weighted by Crippen LogP contribution is -2.42. The lowest BCUT2D eigenvalue weighted by molar-refractivity contribution is -0.140. The highest BCUT2D eigenvalue weighted by Crippen LogP contribution is 2.42. The molecule has 1 aliphatic heterocycles. The van der Waals surface area contributed by atoms with E-state index in [1.807, 2.05) is 0 Å². The highest BCUT2D eigenvalue weighted by Gasteiger charge is 2.42. The molecule has 0 aromatic rings.